The molecule has 0 amide bonds. The second-order valence-corrected chi connectivity index (χ2v) is 4.97. The molecule has 0 aliphatic heterocycles. The Bertz CT molecular complexity index is 427. The fourth-order valence-electron chi connectivity index (χ4n) is 1.81. The zero-order valence-corrected chi connectivity index (χ0v) is 11.2. The fraction of sp³-hybridized carbons (Fsp3) is 0.500. The molecule has 0 spiro atoms. The second-order valence-electron chi connectivity index (χ2n) is 4.97. The monoisotopic (exact) mass is 263 g/mol. The molecular weight excluding hydrogens is 242 g/mol. The van der Waals surface area contributed by atoms with Crippen LogP contribution in [-0.2, 0) is 4.74 Å². The molecule has 0 unspecified atom stereocenters. The summed E-state index contributed by atoms with van der Waals surface area (Å²) in [6.45, 7) is 2.50. The summed E-state index contributed by atoms with van der Waals surface area (Å²) < 4.78 is 5.62. The van der Waals surface area contributed by atoms with Crippen LogP contribution in [0.5, 0.6) is 0 Å². The van der Waals surface area contributed by atoms with E-state index in [4.69, 9.17) is 15.7 Å². The molecule has 5 nitrogen and oxygen atoms in total. The number of nitrogens with two attached hydrogens (primary N) is 1. The predicted octanol–water partition coefficient (Wildman–Crippen LogP) is 1.64. The number of rotatable bonds is 7. The lowest BCUT2D eigenvalue weighted by atomic mass is 10.2. The van der Waals surface area contributed by atoms with Crippen LogP contribution in [0.15, 0.2) is 29.4 Å². The lowest BCUT2D eigenvalue weighted by Gasteiger charge is -2.19. The van der Waals surface area contributed by atoms with Gasteiger partial charge in [0, 0.05) is 31.5 Å². The summed E-state index contributed by atoms with van der Waals surface area (Å²) in [5, 5.41) is 11.6. The van der Waals surface area contributed by atoms with Crippen molar-refractivity contribution in [3.05, 3.63) is 29.8 Å². The highest BCUT2D eigenvalue weighted by atomic mass is 16.5. The molecule has 1 fully saturated rings. The van der Waals surface area contributed by atoms with Crippen LogP contribution in [-0.4, -0.2) is 37.8 Å². The van der Waals surface area contributed by atoms with Gasteiger partial charge in [0.05, 0.1) is 6.61 Å². The minimum atomic E-state index is 0.127. The van der Waals surface area contributed by atoms with Gasteiger partial charge in [-0.1, -0.05) is 5.16 Å². The molecule has 19 heavy (non-hydrogen) atoms. The van der Waals surface area contributed by atoms with Crippen LogP contribution in [0.25, 0.3) is 0 Å². The Hall–Kier alpha value is -1.75. The molecule has 0 heterocycles. The summed E-state index contributed by atoms with van der Waals surface area (Å²) in [4.78, 5) is 2.13. The van der Waals surface area contributed by atoms with E-state index in [0.717, 1.165) is 31.4 Å². The van der Waals surface area contributed by atoms with Crippen molar-refractivity contribution in [3.8, 4) is 0 Å². The average Bonchev–Trinajstić information content (AvgIpc) is 3.27. The molecule has 1 aromatic carbocycles. The van der Waals surface area contributed by atoms with Gasteiger partial charge < -0.3 is 20.6 Å². The predicted molar refractivity (Wildman–Crippen MR) is 75.8 cm³/mol. The number of ether oxygens (including phenoxy) is 1. The van der Waals surface area contributed by atoms with Gasteiger partial charge in [0.1, 0.15) is 0 Å². The van der Waals surface area contributed by atoms with Crippen LogP contribution in [0.2, 0.25) is 0 Å². The van der Waals surface area contributed by atoms with Crippen molar-refractivity contribution in [1.29, 1.82) is 0 Å². The first-order chi connectivity index (χ1) is 9.20. The summed E-state index contributed by atoms with van der Waals surface area (Å²) >= 11 is 0. The standard InChI is InChI=1S/C14H21N3O2/c1-17(8-9-19-10-11-2-3-11)13-6-4-12(5-7-13)14(15)16-18/h4-7,11,18H,2-3,8-10H2,1H3,(H2,15,16). The van der Waals surface area contributed by atoms with E-state index in [1.165, 1.54) is 12.8 Å². The maximum absolute atomic E-state index is 8.60. The first-order valence-electron chi connectivity index (χ1n) is 6.57. The third-order valence-corrected chi connectivity index (χ3v) is 3.33. The summed E-state index contributed by atoms with van der Waals surface area (Å²) in [6, 6.07) is 7.58. The maximum Gasteiger partial charge on any atom is 0.170 e. The normalized spacial score (nSPS) is 15.5. The Morgan fingerprint density at radius 3 is 2.68 bits per heavy atom. The SMILES string of the molecule is CN(CCOCC1CC1)c1ccc(C(N)=NO)cc1. The van der Waals surface area contributed by atoms with Crippen molar-refractivity contribution < 1.29 is 9.94 Å². The summed E-state index contributed by atoms with van der Waals surface area (Å²) in [5.41, 5.74) is 7.32. The number of likely N-dealkylation sites (N-methyl/N-ethyl adjacent to an activating group) is 1. The summed E-state index contributed by atoms with van der Waals surface area (Å²) in [7, 11) is 2.03. The molecule has 3 N–H and O–H groups in total. The van der Waals surface area contributed by atoms with E-state index in [9.17, 15) is 0 Å². The molecule has 0 saturated heterocycles. The number of oxime groups is 1. The van der Waals surface area contributed by atoms with Gasteiger partial charge in [0.15, 0.2) is 5.84 Å². The van der Waals surface area contributed by atoms with Gasteiger partial charge in [0.25, 0.3) is 0 Å². The Morgan fingerprint density at radius 2 is 2.11 bits per heavy atom. The quantitative estimate of drug-likeness (QED) is 0.258. The molecule has 1 aromatic rings. The first-order valence-corrected chi connectivity index (χ1v) is 6.57. The Labute approximate surface area is 113 Å². The van der Waals surface area contributed by atoms with E-state index in [1.807, 2.05) is 31.3 Å². The molecular formula is C14H21N3O2. The lowest BCUT2D eigenvalue weighted by Crippen LogP contribution is -2.23. The number of hydrogen-bond donors (Lipinski definition) is 2. The number of anilines is 1. The number of benzene rings is 1. The van der Waals surface area contributed by atoms with E-state index >= 15 is 0 Å². The van der Waals surface area contributed by atoms with Crippen LogP contribution in [0.3, 0.4) is 0 Å². The van der Waals surface area contributed by atoms with Crippen LogP contribution in [0.1, 0.15) is 18.4 Å². The second kappa shape index (κ2) is 6.43. The Kier molecular flexibility index (Phi) is 4.63. The van der Waals surface area contributed by atoms with Crippen molar-refractivity contribution in [2.24, 2.45) is 16.8 Å². The summed E-state index contributed by atoms with van der Waals surface area (Å²) in [6.07, 6.45) is 2.65. The molecule has 1 saturated carbocycles. The Balaban J connectivity index is 1.79. The molecule has 1 aliphatic rings. The van der Waals surface area contributed by atoms with Crippen molar-refractivity contribution in [2.75, 3.05) is 31.7 Å². The summed E-state index contributed by atoms with van der Waals surface area (Å²) in [5.74, 6) is 0.937. The molecule has 1 aliphatic carbocycles. The third kappa shape index (κ3) is 4.13. The topological polar surface area (TPSA) is 71.1 Å². The van der Waals surface area contributed by atoms with Crippen LogP contribution in [0, 0.1) is 5.92 Å². The van der Waals surface area contributed by atoms with Crippen molar-refractivity contribution in [1.82, 2.24) is 0 Å². The van der Waals surface area contributed by atoms with Crippen LogP contribution < -0.4 is 10.6 Å². The van der Waals surface area contributed by atoms with E-state index < -0.39 is 0 Å². The smallest absolute Gasteiger partial charge is 0.170 e. The van der Waals surface area contributed by atoms with Gasteiger partial charge in [0.2, 0.25) is 0 Å². The largest absolute Gasteiger partial charge is 0.409 e. The van der Waals surface area contributed by atoms with E-state index in [2.05, 4.69) is 10.1 Å². The van der Waals surface area contributed by atoms with Crippen molar-refractivity contribution in [3.63, 3.8) is 0 Å². The maximum atomic E-state index is 8.60. The average molecular weight is 263 g/mol. The van der Waals surface area contributed by atoms with Crippen molar-refractivity contribution >= 4 is 11.5 Å². The number of amidine groups is 1. The molecule has 0 radical (unpaired) electrons. The molecule has 104 valence electrons. The lowest BCUT2D eigenvalue weighted by molar-refractivity contribution is 0.131. The highest BCUT2D eigenvalue weighted by molar-refractivity contribution is 5.97. The zero-order valence-electron chi connectivity index (χ0n) is 11.2. The third-order valence-electron chi connectivity index (χ3n) is 3.33. The van der Waals surface area contributed by atoms with E-state index in [-0.39, 0.29) is 5.84 Å². The zero-order chi connectivity index (χ0) is 13.7. The van der Waals surface area contributed by atoms with Crippen LogP contribution in [0.4, 0.5) is 5.69 Å². The van der Waals surface area contributed by atoms with E-state index in [0.29, 0.717) is 5.56 Å². The van der Waals surface area contributed by atoms with Crippen molar-refractivity contribution in [2.45, 2.75) is 12.8 Å². The van der Waals surface area contributed by atoms with Gasteiger partial charge in [-0.3, -0.25) is 0 Å². The fourth-order valence-corrected chi connectivity index (χ4v) is 1.81. The van der Waals surface area contributed by atoms with Crippen LogP contribution >= 0.6 is 0 Å². The highest BCUT2D eigenvalue weighted by Gasteiger charge is 2.20. The van der Waals surface area contributed by atoms with Gasteiger partial charge in [-0.25, -0.2) is 0 Å². The molecule has 2 rings (SSSR count). The molecule has 0 bridgehead atoms. The van der Waals surface area contributed by atoms with Gasteiger partial charge in [-0.2, -0.15) is 0 Å². The molecule has 0 aromatic heterocycles. The minimum Gasteiger partial charge on any atom is -0.409 e. The highest BCUT2D eigenvalue weighted by Crippen LogP contribution is 2.28. The molecule has 5 heteroatoms. The van der Waals surface area contributed by atoms with Gasteiger partial charge in [-0.05, 0) is 43.0 Å². The number of hydrogen-bond acceptors (Lipinski definition) is 4. The molecule has 0 atom stereocenters. The van der Waals surface area contributed by atoms with Gasteiger partial charge >= 0.3 is 0 Å². The Morgan fingerprint density at radius 1 is 1.42 bits per heavy atom. The number of nitrogens with zero attached hydrogens (tertiary/aromatic N) is 2. The van der Waals surface area contributed by atoms with Gasteiger partial charge in [-0.15, -0.1) is 0 Å². The first kappa shape index (κ1) is 13.7. The minimum absolute atomic E-state index is 0.127. The van der Waals surface area contributed by atoms with E-state index in [1.54, 1.807) is 0 Å².